The first-order valence-corrected chi connectivity index (χ1v) is 6.95. The molecule has 0 aliphatic heterocycles. The van der Waals surface area contributed by atoms with E-state index in [1.807, 2.05) is 0 Å². The quantitative estimate of drug-likeness (QED) is 0.933. The van der Waals surface area contributed by atoms with Crippen molar-refractivity contribution in [3.63, 3.8) is 0 Å². The number of carbonyl (C=O) groups excluding carboxylic acids is 1. The van der Waals surface area contributed by atoms with Gasteiger partial charge in [-0.2, -0.15) is 13.2 Å². The Morgan fingerprint density at radius 3 is 2.38 bits per heavy atom. The molecule has 1 fully saturated rings. The summed E-state index contributed by atoms with van der Waals surface area (Å²) in [5.74, 6) is -0.190. The molecule has 1 saturated carbocycles. The maximum absolute atomic E-state index is 12.5. The molecule has 2 atom stereocenters. The first-order valence-electron chi connectivity index (χ1n) is 6.95. The van der Waals surface area contributed by atoms with E-state index in [9.17, 15) is 18.0 Å². The molecule has 1 amide bonds. The van der Waals surface area contributed by atoms with Crippen LogP contribution in [-0.4, -0.2) is 23.9 Å². The summed E-state index contributed by atoms with van der Waals surface area (Å²) >= 11 is 0. The third kappa shape index (κ3) is 3.75. The summed E-state index contributed by atoms with van der Waals surface area (Å²) in [6.45, 7) is 0.292. The molecule has 0 saturated heterocycles. The lowest BCUT2D eigenvalue weighted by Crippen LogP contribution is -2.39. The second-order valence-electron chi connectivity index (χ2n) is 5.59. The van der Waals surface area contributed by atoms with Crippen LogP contribution in [0.4, 0.5) is 13.2 Å². The minimum absolute atomic E-state index is 0.0279. The number of halogens is 3. The van der Waals surface area contributed by atoms with Crippen LogP contribution in [0.5, 0.6) is 0 Å². The zero-order valence-corrected chi connectivity index (χ0v) is 11.9. The number of nitrogens with zero attached hydrogens (tertiary/aromatic N) is 1. The molecule has 0 radical (unpaired) electrons. The lowest BCUT2D eigenvalue weighted by atomic mass is 10.0. The van der Waals surface area contributed by atoms with Crippen LogP contribution in [-0.2, 0) is 17.5 Å². The number of hydrogen-bond acceptors (Lipinski definition) is 2. The molecule has 1 aliphatic rings. The Hall–Kier alpha value is -1.56. The Labute approximate surface area is 121 Å². The van der Waals surface area contributed by atoms with Crippen molar-refractivity contribution < 1.29 is 18.0 Å². The number of hydrogen-bond donors (Lipinski definition) is 1. The number of benzene rings is 1. The maximum atomic E-state index is 12.5. The number of carbonyl (C=O) groups is 1. The van der Waals surface area contributed by atoms with E-state index < -0.39 is 11.7 Å². The van der Waals surface area contributed by atoms with Crippen LogP contribution >= 0.6 is 0 Å². The number of alkyl halides is 3. The summed E-state index contributed by atoms with van der Waals surface area (Å²) < 4.78 is 37.4. The van der Waals surface area contributed by atoms with Gasteiger partial charge in [0, 0.05) is 19.6 Å². The fourth-order valence-corrected chi connectivity index (χ4v) is 2.73. The van der Waals surface area contributed by atoms with Gasteiger partial charge in [0.15, 0.2) is 0 Å². The molecule has 0 heterocycles. The molecule has 3 nitrogen and oxygen atoms in total. The first kappa shape index (κ1) is 15.8. The highest BCUT2D eigenvalue weighted by Gasteiger charge is 2.32. The lowest BCUT2D eigenvalue weighted by molar-refractivity contribution is -0.138. The number of amides is 1. The van der Waals surface area contributed by atoms with Gasteiger partial charge in [0.05, 0.1) is 11.5 Å². The van der Waals surface area contributed by atoms with E-state index in [2.05, 4.69) is 0 Å². The van der Waals surface area contributed by atoms with Crippen molar-refractivity contribution in [1.29, 1.82) is 0 Å². The molecule has 2 unspecified atom stereocenters. The van der Waals surface area contributed by atoms with Gasteiger partial charge in [0.1, 0.15) is 0 Å². The van der Waals surface area contributed by atoms with Gasteiger partial charge in [-0.15, -0.1) is 0 Å². The van der Waals surface area contributed by atoms with Gasteiger partial charge in [-0.05, 0) is 30.5 Å². The van der Waals surface area contributed by atoms with Crippen LogP contribution in [0, 0.1) is 5.92 Å². The fraction of sp³-hybridized carbons (Fsp3) is 0.533. The van der Waals surface area contributed by atoms with Crippen LogP contribution in [0.2, 0.25) is 0 Å². The largest absolute Gasteiger partial charge is 0.416 e. The van der Waals surface area contributed by atoms with Gasteiger partial charge in [-0.25, -0.2) is 0 Å². The molecule has 0 bridgehead atoms. The van der Waals surface area contributed by atoms with Gasteiger partial charge in [0.2, 0.25) is 5.91 Å². The van der Waals surface area contributed by atoms with Crippen molar-refractivity contribution in [3.8, 4) is 0 Å². The summed E-state index contributed by atoms with van der Waals surface area (Å²) in [4.78, 5) is 13.8. The van der Waals surface area contributed by atoms with Crippen molar-refractivity contribution in [2.45, 2.75) is 38.0 Å². The molecule has 2 N–H and O–H groups in total. The lowest BCUT2D eigenvalue weighted by Gasteiger charge is -2.23. The van der Waals surface area contributed by atoms with E-state index >= 15 is 0 Å². The van der Waals surface area contributed by atoms with E-state index in [0.29, 0.717) is 12.1 Å². The van der Waals surface area contributed by atoms with Gasteiger partial charge in [-0.3, -0.25) is 4.79 Å². The molecule has 1 aliphatic carbocycles. The van der Waals surface area contributed by atoms with Crippen molar-refractivity contribution in [2.24, 2.45) is 11.7 Å². The van der Waals surface area contributed by atoms with Crippen LogP contribution in [0.1, 0.15) is 30.4 Å². The normalized spacial score (nSPS) is 22.3. The van der Waals surface area contributed by atoms with Crippen molar-refractivity contribution in [1.82, 2.24) is 4.90 Å². The van der Waals surface area contributed by atoms with E-state index in [1.165, 1.54) is 12.1 Å². The zero-order valence-electron chi connectivity index (χ0n) is 11.9. The molecule has 116 valence electrons. The molecule has 6 heteroatoms. The van der Waals surface area contributed by atoms with Gasteiger partial charge in [0.25, 0.3) is 0 Å². The minimum atomic E-state index is -4.34. The molecule has 1 aromatic rings. The Kier molecular flexibility index (Phi) is 4.56. The predicted octanol–water partition coefficient (Wildman–Crippen LogP) is 2.79. The second-order valence-corrected chi connectivity index (χ2v) is 5.59. The third-order valence-electron chi connectivity index (χ3n) is 3.96. The van der Waals surface area contributed by atoms with E-state index in [1.54, 1.807) is 11.9 Å². The summed E-state index contributed by atoms with van der Waals surface area (Å²) in [7, 11) is 1.66. The average molecular weight is 300 g/mol. The van der Waals surface area contributed by atoms with Gasteiger partial charge >= 0.3 is 6.18 Å². The summed E-state index contributed by atoms with van der Waals surface area (Å²) in [5, 5.41) is 0. The average Bonchev–Trinajstić information content (AvgIpc) is 2.83. The minimum Gasteiger partial charge on any atom is -0.341 e. The Morgan fingerprint density at radius 1 is 1.29 bits per heavy atom. The Morgan fingerprint density at radius 2 is 1.90 bits per heavy atom. The Balaban J connectivity index is 1.99. The van der Waals surface area contributed by atoms with E-state index in [-0.39, 0.29) is 17.9 Å². The van der Waals surface area contributed by atoms with Crippen LogP contribution in [0.15, 0.2) is 24.3 Å². The summed E-state index contributed by atoms with van der Waals surface area (Å²) in [6.07, 6.45) is -1.75. The van der Waals surface area contributed by atoms with Crippen molar-refractivity contribution in [3.05, 3.63) is 35.4 Å². The number of rotatable bonds is 3. The monoisotopic (exact) mass is 300 g/mol. The molecule has 21 heavy (non-hydrogen) atoms. The smallest absolute Gasteiger partial charge is 0.341 e. The highest BCUT2D eigenvalue weighted by molar-refractivity contribution is 5.79. The van der Waals surface area contributed by atoms with Crippen molar-refractivity contribution >= 4 is 5.91 Å². The van der Waals surface area contributed by atoms with Crippen molar-refractivity contribution in [2.75, 3.05) is 7.05 Å². The van der Waals surface area contributed by atoms with E-state index in [0.717, 1.165) is 31.4 Å². The van der Waals surface area contributed by atoms with Crippen LogP contribution in [0.3, 0.4) is 0 Å². The topological polar surface area (TPSA) is 46.3 Å². The molecule has 1 aromatic carbocycles. The molecule has 0 spiro atoms. The highest BCUT2D eigenvalue weighted by atomic mass is 19.4. The van der Waals surface area contributed by atoms with Crippen LogP contribution < -0.4 is 5.73 Å². The predicted molar refractivity (Wildman–Crippen MR) is 73.2 cm³/mol. The maximum Gasteiger partial charge on any atom is 0.416 e. The molecule has 2 rings (SSSR count). The molecule has 0 aromatic heterocycles. The summed E-state index contributed by atoms with van der Waals surface area (Å²) in [6, 6.07) is 4.78. The fourth-order valence-electron chi connectivity index (χ4n) is 2.73. The zero-order chi connectivity index (χ0) is 15.6. The number of nitrogens with two attached hydrogens (primary N) is 1. The third-order valence-corrected chi connectivity index (χ3v) is 3.96. The first-order chi connectivity index (χ1) is 9.79. The standard InChI is InChI=1S/C15H19F3N2O/c1-20(14(21)12-3-2-4-13(12)19)9-10-5-7-11(8-6-10)15(16,17)18/h5-8,12-13H,2-4,9,19H2,1H3. The van der Waals surface area contributed by atoms with Crippen LogP contribution in [0.25, 0.3) is 0 Å². The second kappa shape index (κ2) is 6.05. The molecular formula is C15H19F3N2O. The van der Waals surface area contributed by atoms with Gasteiger partial charge < -0.3 is 10.6 Å². The van der Waals surface area contributed by atoms with Gasteiger partial charge in [-0.1, -0.05) is 18.6 Å². The highest BCUT2D eigenvalue weighted by Crippen LogP contribution is 2.29. The SMILES string of the molecule is CN(Cc1ccc(C(F)(F)F)cc1)C(=O)C1CCCC1N. The van der Waals surface area contributed by atoms with E-state index in [4.69, 9.17) is 5.73 Å². The molecular weight excluding hydrogens is 281 g/mol. The Bertz CT molecular complexity index is 499. The summed E-state index contributed by atoms with van der Waals surface area (Å²) in [5.41, 5.74) is 5.90.